The molecule has 1 unspecified atom stereocenters. The number of ether oxygens (including phenoxy) is 1. The van der Waals surface area contributed by atoms with Crippen LogP contribution in [0.1, 0.15) is 6.92 Å². The van der Waals surface area contributed by atoms with Crippen molar-refractivity contribution in [3.05, 3.63) is 12.2 Å². The molecule has 3 heteroatoms. The molecule has 0 radical (unpaired) electrons. The topological polar surface area (TPSA) is 53.0 Å². The third-order valence-corrected chi connectivity index (χ3v) is 0.877. The van der Waals surface area contributed by atoms with Crippen LogP contribution in [0.3, 0.4) is 0 Å². The normalized spacial score (nSPS) is 22.1. The Morgan fingerprint density at radius 1 is 1.40 bits per heavy atom. The van der Waals surface area contributed by atoms with Gasteiger partial charge in [-0.05, 0) is 6.92 Å². The second-order valence-corrected chi connectivity index (χ2v) is 1.98. The third-order valence-electron chi connectivity index (χ3n) is 0.877. The standard InChI is InChI=1S/C4H8O2.C3H6O/c5-3-1-2-4-6;1-3-2-4-3/h1-2,5-6H,3-4H2;3H,2H2,1H3. The monoisotopic (exact) mass is 146 g/mol. The maximum Gasteiger partial charge on any atom is 0.0781 e. The molecule has 0 aromatic carbocycles. The smallest absolute Gasteiger partial charge is 0.0781 e. The van der Waals surface area contributed by atoms with Crippen molar-refractivity contribution in [2.24, 2.45) is 0 Å². The van der Waals surface area contributed by atoms with Crippen molar-refractivity contribution in [1.29, 1.82) is 0 Å². The predicted octanol–water partition coefficient (Wildman–Crippen LogP) is -0.0677. The Morgan fingerprint density at radius 3 is 1.80 bits per heavy atom. The van der Waals surface area contributed by atoms with Gasteiger partial charge in [-0.1, -0.05) is 12.2 Å². The van der Waals surface area contributed by atoms with Crippen LogP contribution in [-0.2, 0) is 4.74 Å². The first kappa shape index (κ1) is 9.62. The van der Waals surface area contributed by atoms with Gasteiger partial charge in [0, 0.05) is 0 Å². The predicted molar refractivity (Wildman–Crippen MR) is 38.7 cm³/mol. The van der Waals surface area contributed by atoms with Crippen LogP contribution in [0.5, 0.6) is 0 Å². The van der Waals surface area contributed by atoms with Crippen molar-refractivity contribution in [2.45, 2.75) is 13.0 Å². The second kappa shape index (κ2) is 6.74. The fourth-order valence-electron chi connectivity index (χ4n) is 0.245. The highest BCUT2D eigenvalue weighted by Gasteiger charge is 2.13. The van der Waals surface area contributed by atoms with Gasteiger partial charge in [0.1, 0.15) is 0 Å². The summed E-state index contributed by atoms with van der Waals surface area (Å²) in [5, 5.41) is 16.0. The van der Waals surface area contributed by atoms with Crippen LogP contribution in [0.25, 0.3) is 0 Å². The maximum atomic E-state index is 8.00. The molecule has 2 N–H and O–H groups in total. The highest BCUT2D eigenvalue weighted by atomic mass is 16.6. The first-order chi connectivity index (χ1) is 4.81. The molecule has 1 aliphatic rings. The van der Waals surface area contributed by atoms with E-state index in [4.69, 9.17) is 14.9 Å². The lowest BCUT2D eigenvalue weighted by Crippen LogP contribution is -1.74. The summed E-state index contributed by atoms with van der Waals surface area (Å²) in [6.07, 6.45) is 3.56. The number of aliphatic hydroxyl groups is 2. The number of aliphatic hydroxyl groups excluding tert-OH is 2. The summed E-state index contributed by atoms with van der Waals surface area (Å²) in [5.74, 6) is 0. The SMILES string of the molecule is CC1CO1.OCC=CCO. The third kappa shape index (κ3) is 10.6. The van der Waals surface area contributed by atoms with E-state index in [-0.39, 0.29) is 13.2 Å². The van der Waals surface area contributed by atoms with Crippen molar-refractivity contribution in [3.8, 4) is 0 Å². The summed E-state index contributed by atoms with van der Waals surface area (Å²) < 4.78 is 4.71. The van der Waals surface area contributed by atoms with E-state index in [0.29, 0.717) is 6.10 Å². The zero-order valence-electron chi connectivity index (χ0n) is 6.16. The molecule has 0 aromatic heterocycles. The quantitative estimate of drug-likeness (QED) is 0.423. The first-order valence-corrected chi connectivity index (χ1v) is 3.29. The summed E-state index contributed by atoms with van der Waals surface area (Å²) in [4.78, 5) is 0. The van der Waals surface area contributed by atoms with E-state index in [9.17, 15) is 0 Å². The Hall–Kier alpha value is -0.380. The average Bonchev–Trinajstić information content (AvgIpc) is 2.69. The second-order valence-electron chi connectivity index (χ2n) is 1.98. The lowest BCUT2D eigenvalue weighted by atomic mass is 10.5. The largest absolute Gasteiger partial charge is 0.392 e. The summed E-state index contributed by atoms with van der Waals surface area (Å²) in [6.45, 7) is 3.07. The van der Waals surface area contributed by atoms with Gasteiger partial charge in [-0.2, -0.15) is 0 Å². The Kier molecular flexibility index (Phi) is 6.48. The molecule has 0 spiro atoms. The van der Waals surface area contributed by atoms with Crippen LogP contribution in [0.15, 0.2) is 12.2 Å². The van der Waals surface area contributed by atoms with Gasteiger partial charge in [0.25, 0.3) is 0 Å². The van der Waals surface area contributed by atoms with E-state index in [0.717, 1.165) is 6.61 Å². The highest BCUT2D eigenvalue weighted by Crippen LogP contribution is 2.04. The zero-order chi connectivity index (χ0) is 7.82. The lowest BCUT2D eigenvalue weighted by molar-refractivity contribution is 0.329. The number of rotatable bonds is 2. The fourth-order valence-corrected chi connectivity index (χ4v) is 0.245. The average molecular weight is 146 g/mol. The van der Waals surface area contributed by atoms with Crippen molar-refractivity contribution < 1.29 is 14.9 Å². The minimum absolute atomic E-state index is 0.0144. The van der Waals surface area contributed by atoms with E-state index in [1.54, 1.807) is 0 Å². The number of hydrogen-bond acceptors (Lipinski definition) is 3. The molecule has 60 valence electrons. The molecule has 0 bridgehead atoms. The van der Waals surface area contributed by atoms with Crippen LogP contribution in [-0.4, -0.2) is 36.1 Å². The van der Waals surface area contributed by atoms with Crippen LogP contribution in [0, 0.1) is 0 Å². The Morgan fingerprint density at radius 2 is 1.70 bits per heavy atom. The molecule has 1 rings (SSSR count). The minimum atomic E-state index is 0.0144. The molecule has 1 heterocycles. The Balaban J connectivity index is 0.000000172. The number of hydrogen-bond donors (Lipinski definition) is 2. The molecule has 1 saturated heterocycles. The molecule has 1 aliphatic heterocycles. The van der Waals surface area contributed by atoms with E-state index >= 15 is 0 Å². The van der Waals surface area contributed by atoms with E-state index in [2.05, 4.69) is 6.92 Å². The van der Waals surface area contributed by atoms with Gasteiger partial charge in [0.2, 0.25) is 0 Å². The van der Waals surface area contributed by atoms with Gasteiger partial charge in [-0.25, -0.2) is 0 Å². The molecule has 0 aliphatic carbocycles. The van der Waals surface area contributed by atoms with Crippen molar-refractivity contribution >= 4 is 0 Å². The summed E-state index contributed by atoms with van der Waals surface area (Å²) in [5.41, 5.74) is 0. The Labute approximate surface area is 60.9 Å². The van der Waals surface area contributed by atoms with Crippen molar-refractivity contribution in [1.82, 2.24) is 0 Å². The van der Waals surface area contributed by atoms with Crippen molar-refractivity contribution in [3.63, 3.8) is 0 Å². The van der Waals surface area contributed by atoms with Crippen LogP contribution in [0.4, 0.5) is 0 Å². The molecular formula is C7H14O3. The van der Waals surface area contributed by atoms with Gasteiger partial charge in [0.15, 0.2) is 0 Å². The maximum absolute atomic E-state index is 8.00. The Bertz CT molecular complexity index is 80.9. The van der Waals surface area contributed by atoms with Crippen LogP contribution >= 0.6 is 0 Å². The summed E-state index contributed by atoms with van der Waals surface area (Å²) in [6, 6.07) is 0. The van der Waals surface area contributed by atoms with Gasteiger partial charge in [-0.15, -0.1) is 0 Å². The zero-order valence-corrected chi connectivity index (χ0v) is 6.16. The van der Waals surface area contributed by atoms with E-state index in [1.165, 1.54) is 12.2 Å². The van der Waals surface area contributed by atoms with Gasteiger partial charge < -0.3 is 14.9 Å². The summed E-state index contributed by atoms with van der Waals surface area (Å²) in [7, 11) is 0. The van der Waals surface area contributed by atoms with Gasteiger partial charge in [-0.3, -0.25) is 0 Å². The van der Waals surface area contributed by atoms with Crippen LogP contribution in [0.2, 0.25) is 0 Å². The van der Waals surface area contributed by atoms with E-state index in [1.807, 2.05) is 0 Å². The molecule has 10 heavy (non-hydrogen) atoms. The van der Waals surface area contributed by atoms with E-state index < -0.39 is 0 Å². The molecule has 3 nitrogen and oxygen atoms in total. The molecule has 0 aromatic rings. The molecule has 1 fully saturated rings. The summed E-state index contributed by atoms with van der Waals surface area (Å²) >= 11 is 0. The highest BCUT2D eigenvalue weighted by molar-refractivity contribution is 4.78. The van der Waals surface area contributed by atoms with Gasteiger partial charge >= 0.3 is 0 Å². The van der Waals surface area contributed by atoms with Crippen molar-refractivity contribution in [2.75, 3.05) is 19.8 Å². The van der Waals surface area contributed by atoms with Crippen LogP contribution < -0.4 is 0 Å². The molecule has 0 amide bonds. The first-order valence-electron chi connectivity index (χ1n) is 3.29. The fraction of sp³-hybridized carbons (Fsp3) is 0.714. The molecular weight excluding hydrogens is 132 g/mol. The lowest BCUT2D eigenvalue weighted by Gasteiger charge is -1.73. The molecule has 0 saturated carbocycles. The van der Waals surface area contributed by atoms with Gasteiger partial charge in [0.05, 0.1) is 25.9 Å². The minimum Gasteiger partial charge on any atom is -0.392 e. The number of epoxide rings is 1. The molecule has 1 atom stereocenters.